The Labute approximate surface area is 162 Å². The second kappa shape index (κ2) is 7.93. The summed E-state index contributed by atoms with van der Waals surface area (Å²) in [7, 11) is 0. The molecule has 0 fully saturated rings. The summed E-state index contributed by atoms with van der Waals surface area (Å²) in [5.41, 5.74) is 2.60. The Morgan fingerprint density at radius 1 is 0.889 bits per heavy atom. The number of para-hydroxylation sites is 1. The third-order valence-electron chi connectivity index (χ3n) is 3.93. The Morgan fingerprint density at radius 2 is 1.70 bits per heavy atom. The van der Waals surface area contributed by atoms with Crippen LogP contribution in [0.2, 0.25) is 5.02 Å². The molecule has 0 bridgehead atoms. The zero-order chi connectivity index (χ0) is 18.5. The summed E-state index contributed by atoms with van der Waals surface area (Å²) in [6.07, 6.45) is 1.64. The van der Waals surface area contributed by atoms with E-state index in [2.05, 4.69) is 20.6 Å². The van der Waals surface area contributed by atoms with E-state index in [-0.39, 0.29) is 0 Å². The van der Waals surface area contributed by atoms with E-state index in [1.54, 1.807) is 6.26 Å². The smallest absolute Gasteiger partial charge is 0.225 e. The molecule has 0 aliphatic rings. The largest absolute Gasteiger partial charge is 0.467 e. The second-order valence-corrected chi connectivity index (χ2v) is 6.27. The molecule has 4 aromatic rings. The topological polar surface area (TPSA) is 63.0 Å². The molecule has 0 unspecified atom stereocenters. The van der Waals surface area contributed by atoms with Crippen molar-refractivity contribution in [3.8, 4) is 11.3 Å². The van der Waals surface area contributed by atoms with E-state index >= 15 is 0 Å². The molecule has 2 aromatic carbocycles. The van der Waals surface area contributed by atoms with Crippen molar-refractivity contribution >= 4 is 29.1 Å². The van der Waals surface area contributed by atoms with Gasteiger partial charge in [-0.15, -0.1) is 0 Å². The van der Waals surface area contributed by atoms with Gasteiger partial charge in [0.05, 0.1) is 29.2 Å². The van der Waals surface area contributed by atoms with Crippen molar-refractivity contribution < 1.29 is 4.42 Å². The molecule has 0 saturated heterocycles. The van der Waals surface area contributed by atoms with Crippen molar-refractivity contribution in [2.75, 3.05) is 10.6 Å². The number of furan rings is 1. The van der Waals surface area contributed by atoms with E-state index in [1.165, 1.54) is 0 Å². The monoisotopic (exact) mass is 376 g/mol. The highest BCUT2D eigenvalue weighted by molar-refractivity contribution is 6.33. The fourth-order valence-electron chi connectivity index (χ4n) is 2.63. The van der Waals surface area contributed by atoms with Crippen molar-refractivity contribution in [2.24, 2.45) is 0 Å². The van der Waals surface area contributed by atoms with Gasteiger partial charge in [-0.25, -0.2) is 4.98 Å². The average Bonchev–Trinajstić information content (AvgIpc) is 3.22. The minimum atomic E-state index is 0.497. The number of benzene rings is 2. The van der Waals surface area contributed by atoms with Gasteiger partial charge in [-0.1, -0.05) is 54.1 Å². The molecule has 4 rings (SSSR count). The molecule has 27 heavy (non-hydrogen) atoms. The van der Waals surface area contributed by atoms with Gasteiger partial charge in [-0.2, -0.15) is 4.98 Å². The van der Waals surface area contributed by atoms with Gasteiger partial charge in [-0.05, 0) is 24.3 Å². The second-order valence-electron chi connectivity index (χ2n) is 5.87. The zero-order valence-corrected chi connectivity index (χ0v) is 15.1. The summed E-state index contributed by atoms with van der Waals surface area (Å²) >= 11 is 6.27. The molecular formula is C21H17ClN4O. The van der Waals surface area contributed by atoms with Crippen LogP contribution < -0.4 is 10.6 Å². The molecule has 5 nitrogen and oxygen atoms in total. The third kappa shape index (κ3) is 4.27. The summed E-state index contributed by atoms with van der Waals surface area (Å²) < 4.78 is 5.36. The van der Waals surface area contributed by atoms with E-state index in [0.717, 1.165) is 22.7 Å². The van der Waals surface area contributed by atoms with Crippen LogP contribution >= 0.6 is 11.6 Å². The van der Waals surface area contributed by atoms with Gasteiger partial charge in [-0.3, -0.25) is 0 Å². The first-order valence-electron chi connectivity index (χ1n) is 8.50. The normalized spacial score (nSPS) is 10.6. The number of hydrogen-bond acceptors (Lipinski definition) is 5. The maximum atomic E-state index is 6.27. The van der Waals surface area contributed by atoms with Gasteiger partial charge in [0.2, 0.25) is 5.95 Å². The molecule has 0 radical (unpaired) electrons. The molecule has 0 saturated carbocycles. The van der Waals surface area contributed by atoms with Crippen molar-refractivity contribution in [1.29, 1.82) is 0 Å². The van der Waals surface area contributed by atoms with Crippen LogP contribution in [0.3, 0.4) is 0 Å². The van der Waals surface area contributed by atoms with E-state index in [4.69, 9.17) is 16.0 Å². The summed E-state index contributed by atoms with van der Waals surface area (Å²) in [6, 6.07) is 23.2. The molecule has 2 aromatic heterocycles. The van der Waals surface area contributed by atoms with Gasteiger partial charge in [0, 0.05) is 11.6 Å². The van der Waals surface area contributed by atoms with Crippen LogP contribution in [0.15, 0.2) is 83.5 Å². The standard InChI is InChI=1S/C21H17ClN4O/c22-17-10-4-5-11-18(17)24-20-13-19(15-7-2-1-3-8-15)25-21(26-20)23-14-16-9-6-12-27-16/h1-13H,14H2,(H2,23,24,25,26). The summed E-state index contributed by atoms with van der Waals surface area (Å²) in [6.45, 7) is 0.497. The first kappa shape index (κ1) is 17.1. The SMILES string of the molecule is Clc1ccccc1Nc1cc(-c2ccccc2)nc(NCc2ccco2)n1. The van der Waals surface area contributed by atoms with Crippen LogP contribution in [0.25, 0.3) is 11.3 Å². The zero-order valence-electron chi connectivity index (χ0n) is 14.4. The fourth-order valence-corrected chi connectivity index (χ4v) is 2.81. The van der Waals surface area contributed by atoms with Gasteiger partial charge < -0.3 is 15.1 Å². The number of halogens is 1. The number of nitrogens with one attached hydrogen (secondary N) is 2. The summed E-state index contributed by atoms with van der Waals surface area (Å²) in [5.74, 6) is 1.96. The Bertz CT molecular complexity index is 1020. The van der Waals surface area contributed by atoms with Crippen LogP contribution in [-0.4, -0.2) is 9.97 Å². The molecular weight excluding hydrogens is 360 g/mol. The molecule has 2 heterocycles. The lowest BCUT2D eigenvalue weighted by molar-refractivity contribution is 0.517. The third-order valence-corrected chi connectivity index (χ3v) is 4.26. The number of aromatic nitrogens is 2. The highest BCUT2D eigenvalue weighted by atomic mass is 35.5. The highest BCUT2D eigenvalue weighted by Gasteiger charge is 2.09. The van der Waals surface area contributed by atoms with Crippen LogP contribution in [0, 0.1) is 0 Å². The van der Waals surface area contributed by atoms with Gasteiger partial charge in [0.15, 0.2) is 0 Å². The van der Waals surface area contributed by atoms with Crippen molar-refractivity contribution in [2.45, 2.75) is 6.54 Å². The number of anilines is 3. The Hall–Kier alpha value is -3.31. The first-order chi connectivity index (χ1) is 13.3. The van der Waals surface area contributed by atoms with Crippen LogP contribution in [0.1, 0.15) is 5.76 Å². The number of nitrogens with zero attached hydrogens (tertiary/aromatic N) is 2. The minimum Gasteiger partial charge on any atom is -0.467 e. The molecule has 134 valence electrons. The van der Waals surface area contributed by atoms with Crippen molar-refractivity contribution in [3.05, 3.63) is 89.8 Å². The highest BCUT2D eigenvalue weighted by Crippen LogP contribution is 2.27. The predicted octanol–water partition coefficient (Wildman–Crippen LogP) is 5.75. The number of hydrogen-bond donors (Lipinski definition) is 2. The minimum absolute atomic E-state index is 0.497. The summed E-state index contributed by atoms with van der Waals surface area (Å²) in [5, 5.41) is 7.11. The summed E-state index contributed by atoms with van der Waals surface area (Å²) in [4.78, 5) is 9.19. The Balaban J connectivity index is 1.66. The predicted molar refractivity (Wildman–Crippen MR) is 108 cm³/mol. The Kier molecular flexibility index (Phi) is 5.03. The van der Waals surface area contributed by atoms with Crippen molar-refractivity contribution in [3.63, 3.8) is 0 Å². The molecule has 0 amide bonds. The maximum absolute atomic E-state index is 6.27. The van der Waals surface area contributed by atoms with Crippen LogP contribution in [0.5, 0.6) is 0 Å². The van der Waals surface area contributed by atoms with E-state index in [0.29, 0.717) is 23.3 Å². The molecule has 6 heteroatoms. The average molecular weight is 377 g/mol. The molecule has 0 aliphatic heterocycles. The molecule has 0 aliphatic carbocycles. The fraction of sp³-hybridized carbons (Fsp3) is 0.0476. The van der Waals surface area contributed by atoms with E-state index in [9.17, 15) is 0 Å². The lowest BCUT2D eigenvalue weighted by Crippen LogP contribution is -2.06. The Morgan fingerprint density at radius 3 is 2.48 bits per heavy atom. The quantitative estimate of drug-likeness (QED) is 0.449. The molecule has 2 N–H and O–H groups in total. The van der Waals surface area contributed by atoms with Gasteiger partial charge in [0.25, 0.3) is 0 Å². The van der Waals surface area contributed by atoms with Gasteiger partial charge in [0.1, 0.15) is 11.6 Å². The van der Waals surface area contributed by atoms with Crippen LogP contribution in [0.4, 0.5) is 17.5 Å². The lowest BCUT2D eigenvalue weighted by Gasteiger charge is -2.12. The number of rotatable bonds is 6. The van der Waals surface area contributed by atoms with Crippen LogP contribution in [-0.2, 0) is 6.54 Å². The van der Waals surface area contributed by atoms with E-state index in [1.807, 2.05) is 72.8 Å². The van der Waals surface area contributed by atoms with E-state index < -0.39 is 0 Å². The molecule has 0 atom stereocenters. The maximum Gasteiger partial charge on any atom is 0.225 e. The first-order valence-corrected chi connectivity index (χ1v) is 8.88. The molecule has 0 spiro atoms. The van der Waals surface area contributed by atoms with Crippen molar-refractivity contribution in [1.82, 2.24) is 9.97 Å². The lowest BCUT2D eigenvalue weighted by atomic mass is 10.1. The van der Waals surface area contributed by atoms with Gasteiger partial charge >= 0.3 is 0 Å².